The number of nitrogens with two attached hydrogens (primary N) is 1. The number of nitrogen functional groups attached to an aromatic ring is 1. The standard InChI is InChI=1S/C6H8N4.2ClH/c7-2-1-3-10-4-6(8)9-5-10;;/h4-5H,1,3,8H2;2*1H. The highest BCUT2D eigenvalue weighted by Gasteiger charge is 1.91. The second-order valence-electron chi connectivity index (χ2n) is 1.94. The van der Waals surface area contributed by atoms with E-state index in [-0.39, 0.29) is 24.8 Å². The van der Waals surface area contributed by atoms with E-state index < -0.39 is 0 Å². The first-order valence-corrected chi connectivity index (χ1v) is 2.97. The van der Waals surface area contributed by atoms with Crippen molar-refractivity contribution >= 4 is 30.6 Å². The van der Waals surface area contributed by atoms with Crippen LogP contribution in [0.4, 0.5) is 5.82 Å². The fourth-order valence-corrected chi connectivity index (χ4v) is 0.679. The van der Waals surface area contributed by atoms with Gasteiger partial charge < -0.3 is 10.3 Å². The van der Waals surface area contributed by atoms with Gasteiger partial charge in [0.2, 0.25) is 0 Å². The Morgan fingerprint density at radius 1 is 1.58 bits per heavy atom. The highest BCUT2D eigenvalue weighted by atomic mass is 35.5. The maximum Gasteiger partial charge on any atom is 0.141 e. The topological polar surface area (TPSA) is 67.6 Å². The second kappa shape index (κ2) is 6.77. The number of hydrogen-bond acceptors (Lipinski definition) is 3. The van der Waals surface area contributed by atoms with Crippen LogP contribution < -0.4 is 5.73 Å². The molecule has 6 heteroatoms. The predicted octanol–water partition coefficient (Wildman–Crippen LogP) is 1.22. The lowest BCUT2D eigenvalue weighted by Crippen LogP contribution is -1.92. The van der Waals surface area contributed by atoms with Gasteiger partial charge in [-0.15, -0.1) is 24.8 Å². The summed E-state index contributed by atoms with van der Waals surface area (Å²) in [6, 6.07) is 2.04. The van der Waals surface area contributed by atoms with Crippen molar-refractivity contribution < 1.29 is 0 Å². The summed E-state index contributed by atoms with van der Waals surface area (Å²) in [6.45, 7) is 0.667. The zero-order valence-electron chi connectivity index (χ0n) is 6.30. The Kier molecular flexibility index (Phi) is 7.70. The number of rotatable bonds is 2. The van der Waals surface area contributed by atoms with E-state index in [9.17, 15) is 0 Å². The van der Waals surface area contributed by atoms with Gasteiger partial charge in [-0.25, -0.2) is 4.98 Å². The van der Waals surface area contributed by atoms with Crippen LogP contribution in [0.25, 0.3) is 0 Å². The predicted molar refractivity (Wildman–Crippen MR) is 51.4 cm³/mol. The van der Waals surface area contributed by atoms with Crippen LogP contribution in [0.1, 0.15) is 6.42 Å². The van der Waals surface area contributed by atoms with E-state index in [1.54, 1.807) is 17.1 Å². The van der Waals surface area contributed by atoms with Crippen molar-refractivity contribution in [2.75, 3.05) is 5.73 Å². The van der Waals surface area contributed by atoms with Gasteiger partial charge in [0.05, 0.1) is 18.8 Å². The fourth-order valence-electron chi connectivity index (χ4n) is 0.679. The number of nitrogens with zero attached hydrogens (tertiary/aromatic N) is 3. The quantitative estimate of drug-likeness (QED) is 0.796. The number of imidazole rings is 1. The maximum atomic E-state index is 8.22. The molecule has 0 fully saturated rings. The molecule has 0 aliphatic heterocycles. The summed E-state index contributed by atoms with van der Waals surface area (Å²) in [6.07, 6.45) is 3.82. The molecule has 12 heavy (non-hydrogen) atoms. The van der Waals surface area contributed by atoms with Crippen LogP contribution in [0.5, 0.6) is 0 Å². The molecule has 1 aromatic rings. The summed E-state index contributed by atoms with van der Waals surface area (Å²) >= 11 is 0. The van der Waals surface area contributed by atoms with E-state index in [0.29, 0.717) is 18.8 Å². The number of aromatic nitrogens is 2. The molecule has 0 saturated heterocycles. The van der Waals surface area contributed by atoms with Crippen LogP contribution in [0.15, 0.2) is 12.5 Å². The smallest absolute Gasteiger partial charge is 0.141 e. The van der Waals surface area contributed by atoms with Crippen LogP contribution in [0.3, 0.4) is 0 Å². The van der Waals surface area contributed by atoms with Crippen molar-refractivity contribution in [3.63, 3.8) is 0 Å². The summed E-state index contributed by atoms with van der Waals surface area (Å²) in [5, 5.41) is 8.22. The van der Waals surface area contributed by atoms with E-state index in [4.69, 9.17) is 11.0 Å². The Balaban J connectivity index is 0. The third-order valence-electron chi connectivity index (χ3n) is 1.14. The normalized spacial score (nSPS) is 7.58. The molecule has 0 amide bonds. The molecule has 0 radical (unpaired) electrons. The third-order valence-corrected chi connectivity index (χ3v) is 1.14. The van der Waals surface area contributed by atoms with Crippen molar-refractivity contribution in [1.82, 2.24) is 9.55 Å². The van der Waals surface area contributed by atoms with E-state index in [0.717, 1.165) is 0 Å². The summed E-state index contributed by atoms with van der Waals surface area (Å²) in [7, 11) is 0. The van der Waals surface area contributed by atoms with Crippen molar-refractivity contribution in [3.8, 4) is 6.07 Å². The van der Waals surface area contributed by atoms with Gasteiger partial charge in [0, 0.05) is 12.7 Å². The molecule has 68 valence electrons. The van der Waals surface area contributed by atoms with Crippen molar-refractivity contribution in [2.45, 2.75) is 13.0 Å². The minimum absolute atomic E-state index is 0. The molecule has 0 aliphatic rings. The van der Waals surface area contributed by atoms with Gasteiger partial charge in [-0.2, -0.15) is 5.26 Å². The molecule has 4 nitrogen and oxygen atoms in total. The molecule has 0 aromatic carbocycles. The number of anilines is 1. The monoisotopic (exact) mass is 208 g/mol. The molecule has 0 unspecified atom stereocenters. The number of hydrogen-bond donors (Lipinski definition) is 1. The first-order chi connectivity index (χ1) is 4.83. The molecule has 0 aliphatic carbocycles. The molecular weight excluding hydrogens is 199 g/mol. The lowest BCUT2D eigenvalue weighted by molar-refractivity contribution is 0.715. The number of nitriles is 1. The van der Waals surface area contributed by atoms with E-state index in [1.165, 1.54) is 0 Å². The summed E-state index contributed by atoms with van der Waals surface area (Å²) in [4.78, 5) is 3.80. The Morgan fingerprint density at radius 3 is 2.67 bits per heavy atom. The van der Waals surface area contributed by atoms with Crippen LogP contribution in [-0.4, -0.2) is 9.55 Å². The van der Waals surface area contributed by atoms with Crippen LogP contribution in [-0.2, 0) is 6.54 Å². The molecule has 1 heterocycles. The minimum atomic E-state index is 0. The minimum Gasteiger partial charge on any atom is -0.382 e. The Bertz CT molecular complexity index is 252. The third kappa shape index (κ3) is 4.06. The SMILES string of the molecule is Cl.Cl.N#CCCn1cnc(N)c1. The van der Waals surface area contributed by atoms with E-state index >= 15 is 0 Å². The molecule has 0 atom stereocenters. The van der Waals surface area contributed by atoms with E-state index in [1.807, 2.05) is 6.07 Å². The largest absolute Gasteiger partial charge is 0.382 e. The van der Waals surface area contributed by atoms with Gasteiger partial charge in [-0.05, 0) is 0 Å². The van der Waals surface area contributed by atoms with Crippen molar-refractivity contribution in [2.24, 2.45) is 0 Å². The van der Waals surface area contributed by atoms with Gasteiger partial charge >= 0.3 is 0 Å². The van der Waals surface area contributed by atoms with Crippen LogP contribution in [0, 0.1) is 11.3 Å². The average Bonchev–Trinajstić information content (AvgIpc) is 2.31. The van der Waals surface area contributed by atoms with Gasteiger partial charge in [0.15, 0.2) is 0 Å². The summed E-state index contributed by atoms with van der Waals surface area (Å²) < 4.78 is 1.79. The van der Waals surface area contributed by atoms with Crippen LogP contribution in [0.2, 0.25) is 0 Å². The Hall–Kier alpha value is -0.920. The van der Waals surface area contributed by atoms with Crippen molar-refractivity contribution in [1.29, 1.82) is 5.26 Å². The molecule has 0 bridgehead atoms. The zero-order chi connectivity index (χ0) is 7.40. The van der Waals surface area contributed by atoms with Crippen molar-refractivity contribution in [3.05, 3.63) is 12.5 Å². The zero-order valence-corrected chi connectivity index (χ0v) is 7.94. The highest BCUT2D eigenvalue weighted by molar-refractivity contribution is 5.85. The highest BCUT2D eigenvalue weighted by Crippen LogP contribution is 1.96. The summed E-state index contributed by atoms with van der Waals surface area (Å²) in [5.74, 6) is 0.498. The second-order valence-corrected chi connectivity index (χ2v) is 1.94. The van der Waals surface area contributed by atoms with Gasteiger partial charge in [0.1, 0.15) is 5.82 Å². The van der Waals surface area contributed by atoms with Crippen LogP contribution >= 0.6 is 24.8 Å². The Morgan fingerprint density at radius 2 is 2.25 bits per heavy atom. The average molecular weight is 209 g/mol. The lowest BCUT2D eigenvalue weighted by atomic mass is 10.5. The Labute approximate surface area is 83.2 Å². The first-order valence-electron chi connectivity index (χ1n) is 2.97. The molecule has 0 saturated carbocycles. The maximum absolute atomic E-state index is 8.22. The molecular formula is C6H10Cl2N4. The van der Waals surface area contributed by atoms with Gasteiger partial charge in [0.25, 0.3) is 0 Å². The molecule has 2 N–H and O–H groups in total. The molecule has 1 rings (SSSR count). The summed E-state index contributed by atoms with van der Waals surface area (Å²) in [5.41, 5.74) is 5.34. The number of aryl methyl sites for hydroxylation is 1. The lowest BCUT2D eigenvalue weighted by Gasteiger charge is -1.92. The fraction of sp³-hybridized carbons (Fsp3) is 0.333. The molecule has 0 spiro atoms. The van der Waals surface area contributed by atoms with Gasteiger partial charge in [-0.3, -0.25) is 0 Å². The molecule has 1 aromatic heterocycles. The van der Waals surface area contributed by atoms with Gasteiger partial charge in [-0.1, -0.05) is 0 Å². The van der Waals surface area contributed by atoms with E-state index in [2.05, 4.69) is 4.98 Å². The first kappa shape index (κ1) is 13.7. The number of halogens is 2.